The number of ether oxygens (including phenoxy) is 1. The van der Waals surface area contributed by atoms with Crippen molar-refractivity contribution in [2.24, 2.45) is 5.92 Å². The Morgan fingerprint density at radius 1 is 1.53 bits per heavy atom. The molecule has 0 bridgehead atoms. The molecule has 0 saturated heterocycles. The fourth-order valence-electron chi connectivity index (χ4n) is 2.53. The first kappa shape index (κ1) is 14.0. The number of hydrogen-bond acceptors (Lipinski definition) is 3. The van der Waals surface area contributed by atoms with Crippen LogP contribution in [0, 0.1) is 12.8 Å². The van der Waals surface area contributed by atoms with Gasteiger partial charge in [-0.05, 0) is 37.8 Å². The lowest BCUT2D eigenvalue weighted by Gasteiger charge is -2.26. The van der Waals surface area contributed by atoms with Gasteiger partial charge in [0, 0.05) is 6.20 Å². The maximum atomic E-state index is 11.8. The summed E-state index contributed by atoms with van der Waals surface area (Å²) in [6, 6.07) is 3.66. The summed E-state index contributed by atoms with van der Waals surface area (Å²) in [7, 11) is 0. The molecule has 0 spiro atoms. The third-order valence-electron chi connectivity index (χ3n) is 3.62. The Balaban J connectivity index is 1.77. The van der Waals surface area contributed by atoms with Crippen molar-refractivity contribution in [3.05, 3.63) is 24.0 Å². The number of nitrogens with one attached hydrogen (secondary N) is 1. The monoisotopic (exact) mass is 262 g/mol. The molecule has 1 saturated carbocycles. The summed E-state index contributed by atoms with van der Waals surface area (Å²) in [4.78, 5) is 16.0. The molecule has 2 atom stereocenters. The van der Waals surface area contributed by atoms with Gasteiger partial charge >= 0.3 is 0 Å². The molecule has 4 nitrogen and oxygen atoms in total. The minimum absolute atomic E-state index is 0.102. The molecule has 0 aromatic carbocycles. The summed E-state index contributed by atoms with van der Waals surface area (Å²) in [5, 5.41) is 2.83. The van der Waals surface area contributed by atoms with Crippen molar-refractivity contribution in [1.82, 2.24) is 4.98 Å². The van der Waals surface area contributed by atoms with Gasteiger partial charge in [0.05, 0.1) is 17.5 Å². The second-order valence-electron chi connectivity index (χ2n) is 5.39. The zero-order valence-corrected chi connectivity index (χ0v) is 11.7. The van der Waals surface area contributed by atoms with E-state index < -0.39 is 0 Å². The average molecular weight is 262 g/mol. The van der Waals surface area contributed by atoms with Crippen molar-refractivity contribution >= 4 is 11.6 Å². The highest BCUT2D eigenvalue weighted by Gasteiger charge is 2.20. The van der Waals surface area contributed by atoms with E-state index in [-0.39, 0.29) is 18.6 Å². The number of rotatable bonds is 4. The molecule has 1 heterocycles. The normalized spacial score (nSPS) is 23.1. The van der Waals surface area contributed by atoms with Crippen LogP contribution in [0.15, 0.2) is 18.3 Å². The molecule has 1 fully saturated rings. The van der Waals surface area contributed by atoms with Crippen molar-refractivity contribution in [2.75, 3.05) is 11.9 Å². The Kier molecular flexibility index (Phi) is 4.91. The topological polar surface area (TPSA) is 51.2 Å². The minimum Gasteiger partial charge on any atom is -0.368 e. The van der Waals surface area contributed by atoms with E-state index in [2.05, 4.69) is 17.2 Å². The van der Waals surface area contributed by atoms with Gasteiger partial charge in [0.25, 0.3) is 0 Å². The van der Waals surface area contributed by atoms with Crippen LogP contribution in [-0.2, 0) is 9.53 Å². The van der Waals surface area contributed by atoms with Gasteiger partial charge in [0.1, 0.15) is 6.61 Å². The van der Waals surface area contributed by atoms with Crippen LogP contribution in [0.1, 0.15) is 38.3 Å². The first-order chi connectivity index (χ1) is 9.15. The molecule has 0 aliphatic heterocycles. The maximum Gasteiger partial charge on any atom is 0.250 e. The Bertz CT molecular complexity index is 434. The highest BCUT2D eigenvalue weighted by atomic mass is 16.5. The number of carbonyl (C=O) groups excluding carboxylic acids is 1. The van der Waals surface area contributed by atoms with E-state index in [0.29, 0.717) is 5.92 Å². The SMILES string of the molecule is Cc1ncccc1NC(=O)CO[C@@H]1CCC[C@@H](C)C1. The third kappa shape index (κ3) is 4.31. The zero-order chi connectivity index (χ0) is 13.7. The van der Waals surface area contributed by atoms with E-state index in [1.165, 1.54) is 12.8 Å². The molecule has 0 unspecified atom stereocenters. The number of anilines is 1. The summed E-state index contributed by atoms with van der Waals surface area (Å²) in [6.07, 6.45) is 6.58. The highest BCUT2D eigenvalue weighted by molar-refractivity contribution is 5.92. The van der Waals surface area contributed by atoms with Gasteiger partial charge in [-0.2, -0.15) is 0 Å². The van der Waals surface area contributed by atoms with Crippen LogP contribution in [0.5, 0.6) is 0 Å². The third-order valence-corrected chi connectivity index (χ3v) is 3.62. The van der Waals surface area contributed by atoms with E-state index in [4.69, 9.17) is 4.74 Å². The first-order valence-corrected chi connectivity index (χ1v) is 6.98. The molecule has 1 aromatic heterocycles. The van der Waals surface area contributed by atoms with Crippen LogP contribution in [0.4, 0.5) is 5.69 Å². The number of pyridine rings is 1. The lowest BCUT2D eigenvalue weighted by Crippen LogP contribution is -2.27. The van der Waals surface area contributed by atoms with Crippen LogP contribution in [0.25, 0.3) is 0 Å². The van der Waals surface area contributed by atoms with Gasteiger partial charge in [-0.3, -0.25) is 9.78 Å². The summed E-state index contributed by atoms with van der Waals surface area (Å²) in [6.45, 7) is 4.25. The summed E-state index contributed by atoms with van der Waals surface area (Å²) in [5.41, 5.74) is 1.58. The van der Waals surface area contributed by atoms with Gasteiger partial charge in [0.2, 0.25) is 5.91 Å². The molecule has 19 heavy (non-hydrogen) atoms. The number of amides is 1. The van der Waals surface area contributed by atoms with Gasteiger partial charge < -0.3 is 10.1 Å². The summed E-state index contributed by atoms with van der Waals surface area (Å²) >= 11 is 0. The van der Waals surface area contributed by atoms with Crippen LogP contribution in [0.2, 0.25) is 0 Å². The fourth-order valence-corrected chi connectivity index (χ4v) is 2.53. The quantitative estimate of drug-likeness (QED) is 0.907. The standard InChI is InChI=1S/C15H22N2O2/c1-11-5-3-6-13(9-11)19-10-15(18)17-14-7-4-8-16-12(14)2/h4,7-8,11,13H,3,5-6,9-10H2,1-2H3,(H,17,18)/t11-,13-/m1/s1. The van der Waals surface area contributed by atoms with Crippen molar-refractivity contribution in [2.45, 2.75) is 45.6 Å². The molecule has 104 valence electrons. The van der Waals surface area contributed by atoms with Gasteiger partial charge in [-0.1, -0.05) is 19.8 Å². The van der Waals surface area contributed by atoms with E-state index >= 15 is 0 Å². The number of nitrogens with zero attached hydrogens (tertiary/aromatic N) is 1. The van der Waals surface area contributed by atoms with Gasteiger partial charge in [-0.15, -0.1) is 0 Å². The number of hydrogen-bond donors (Lipinski definition) is 1. The summed E-state index contributed by atoms with van der Waals surface area (Å²) in [5.74, 6) is 0.608. The Morgan fingerprint density at radius 3 is 3.11 bits per heavy atom. The largest absolute Gasteiger partial charge is 0.368 e. The average Bonchev–Trinajstić information content (AvgIpc) is 2.39. The predicted octanol–water partition coefficient (Wildman–Crippen LogP) is 2.92. The summed E-state index contributed by atoms with van der Waals surface area (Å²) < 4.78 is 5.69. The molecule has 0 radical (unpaired) electrons. The van der Waals surface area contributed by atoms with Crippen molar-refractivity contribution in [1.29, 1.82) is 0 Å². The van der Waals surface area contributed by atoms with Crippen LogP contribution < -0.4 is 5.32 Å². The fraction of sp³-hybridized carbons (Fsp3) is 0.600. The lowest BCUT2D eigenvalue weighted by molar-refractivity contribution is -0.123. The van der Waals surface area contributed by atoms with Gasteiger partial charge in [-0.25, -0.2) is 0 Å². The molecule has 1 aliphatic carbocycles. The zero-order valence-electron chi connectivity index (χ0n) is 11.7. The molecule has 2 rings (SSSR count). The van der Waals surface area contributed by atoms with E-state index in [0.717, 1.165) is 24.2 Å². The first-order valence-electron chi connectivity index (χ1n) is 6.98. The molecule has 1 aliphatic rings. The van der Waals surface area contributed by atoms with E-state index in [1.807, 2.05) is 19.1 Å². The van der Waals surface area contributed by atoms with E-state index in [9.17, 15) is 4.79 Å². The molecule has 1 N–H and O–H groups in total. The van der Waals surface area contributed by atoms with Gasteiger partial charge in [0.15, 0.2) is 0 Å². The van der Waals surface area contributed by atoms with Crippen LogP contribution in [0.3, 0.4) is 0 Å². The molecule has 1 aromatic rings. The molecular weight excluding hydrogens is 240 g/mol. The molecule has 1 amide bonds. The van der Waals surface area contributed by atoms with Crippen LogP contribution >= 0.6 is 0 Å². The number of carbonyl (C=O) groups is 1. The smallest absolute Gasteiger partial charge is 0.250 e. The van der Waals surface area contributed by atoms with Crippen LogP contribution in [-0.4, -0.2) is 23.6 Å². The Labute approximate surface area is 114 Å². The van der Waals surface area contributed by atoms with Crippen molar-refractivity contribution in [3.8, 4) is 0 Å². The Morgan fingerprint density at radius 2 is 2.37 bits per heavy atom. The predicted molar refractivity (Wildman–Crippen MR) is 75.0 cm³/mol. The maximum absolute atomic E-state index is 11.8. The highest BCUT2D eigenvalue weighted by Crippen LogP contribution is 2.25. The Hall–Kier alpha value is -1.42. The van der Waals surface area contributed by atoms with E-state index in [1.54, 1.807) is 6.20 Å². The number of aromatic nitrogens is 1. The number of aryl methyl sites for hydroxylation is 1. The van der Waals surface area contributed by atoms with Crippen molar-refractivity contribution < 1.29 is 9.53 Å². The second kappa shape index (κ2) is 6.66. The van der Waals surface area contributed by atoms with Crippen molar-refractivity contribution in [3.63, 3.8) is 0 Å². The molecule has 4 heteroatoms. The lowest BCUT2D eigenvalue weighted by atomic mass is 9.89. The molecular formula is C15H22N2O2. The second-order valence-corrected chi connectivity index (χ2v) is 5.39. The minimum atomic E-state index is -0.102.